The van der Waals surface area contributed by atoms with Crippen LogP contribution in [0.2, 0.25) is 5.02 Å². The maximum absolute atomic E-state index is 14.0. The van der Waals surface area contributed by atoms with Crippen LogP contribution in [-0.2, 0) is 19.3 Å². The summed E-state index contributed by atoms with van der Waals surface area (Å²) in [5.74, 6) is -0.228. The van der Waals surface area contributed by atoms with Gasteiger partial charge in [-0.05, 0) is 42.6 Å². The molecule has 0 amide bonds. The van der Waals surface area contributed by atoms with Crippen LogP contribution in [0.1, 0.15) is 23.7 Å². The highest BCUT2D eigenvalue weighted by Gasteiger charge is 2.16. The number of rotatable bonds is 1. The molecule has 1 aromatic heterocycles. The average Bonchev–Trinajstić information content (AvgIpc) is 2.62. The lowest BCUT2D eigenvalue weighted by molar-refractivity contribution is 0.615. The van der Waals surface area contributed by atoms with E-state index in [0.717, 1.165) is 42.5 Å². The van der Waals surface area contributed by atoms with Crippen molar-refractivity contribution in [2.24, 2.45) is 0 Å². The Labute approximate surface area is 117 Å². The van der Waals surface area contributed by atoms with Gasteiger partial charge in [-0.1, -0.05) is 18.5 Å². The molecule has 0 fully saturated rings. The molecule has 19 heavy (non-hydrogen) atoms. The maximum atomic E-state index is 14.0. The Morgan fingerprint density at radius 1 is 1.32 bits per heavy atom. The van der Waals surface area contributed by atoms with Crippen LogP contribution < -0.4 is 5.32 Å². The van der Waals surface area contributed by atoms with Gasteiger partial charge in [0.05, 0.1) is 10.5 Å². The summed E-state index contributed by atoms with van der Waals surface area (Å²) in [5, 5.41) is 4.63. The first-order valence-electron chi connectivity index (χ1n) is 6.70. The van der Waals surface area contributed by atoms with Crippen LogP contribution in [0, 0.1) is 5.82 Å². The van der Waals surface area contributed by atoms with Gasteiger partial charge in [-0.2, -0.15) is 0 Å². The highest BCUT2D eigenvalue weighted by molar-refractivity contribution is 6.35. The molecule has 1 aromatic carbocycles. The summed E-state index contributed by atoms with van der Waals surface area (Å²) >= 11 is 6.16. The molecule has 0 atom stereocenters. The third kappa shape index (κ3) is 2.21. The molecule has 0 bridgehead atoms. The molecule has 3 rings (SSSR count). The summed E-state index contributed by atoms with van der Waals surface area (Å²) in [4.78, 5) is 4.69. The third-order valence-electron chi connectivity index (χ3n) is 3.75. The van der Waals surface area contributed by atoms with Gasteiger partial charge in [0, 0.05) is 24.0 Å². The molecule has 2 nitrogen and oxygen atoms in total. The highest BCUT2D eigenvalue weighted by atomic mass is 35.5. The Balaban J connectivity index is 2.31. The molecular weight excluding hydrogens is 263 g/mol. The Kier molecular flexibility index (Phi) is 3.42. The number of hydrogen-bond acceptors (Lipinski definition) is 2. The standard InChI is InChI=1S/C15H16ClFN2/c1-2-10-11-7-9-3-5-18-6-4-14(9)19-15(11)12(16)8-13(10)17/h7-8,18H,2-6H2,1H3. The minimum atomic E-state index is -0.228. The molecule has 2 heterocycles. The first-order chi connectivity index (χ1) is 9.20. The average molecular weight is 279 g/mol. The summed E-state index contributed by atoms with van der Waals surface area (Å²) < 4.78 is 14.0. The number of halogens is 2. The monoisotopic (exact) mass is 278 g/mol. The molecule has 0 unspecified atom stereocenters. The van der Waals surface area contributed by atoms with Crippen molar-refractivity contribution in [2.75, 3.05) is 13.1 Å². The van der Waals surface area contributed by atoms with E-state index in [4.69, 9.17) is 11.6 Å². The number of fused-ring (bicyclic) bond motifs is 2. The van der Waals surface area contributed by atoms with E-state index in [-0.39, 0.29) is 5.82 Å². The predicted molar refractivity (Wildman–Crippen MR) is 76.4 cm³/mol. The largest absolute Gasteiger partial charge is 0.316 e. The minimum absolute atomic E-state index is 0.228. The molecule has 1 aliphatic heterocycles. The first-order valence-corrected chi connectivity index (χ1v) is 7.08. The lowest BCUT2D eigenvalue weighted by atomic mass is 10.0. The van der Waals surface area contributed by atoms with Gasteiger partial charge in [0.25, 0.3) is 0 Å². The number of pyridine rings is 1. The van der Waals surface area contributed by atoms with E-state index in [0.29, 0.717) is 17.0 Å². The molecule has 2 aromatic rings. The molecule has 0 radical (unpaired) electrons. The van der Waals surface area contributed by atoms with Gasteiger partial charge in [-0.3, -0.25) is 4.98 Å². The summed E-state index contributed by atoms with van der Waals surface area (Å²) in [6, 6.07) is 3.47. The first kappa shape index (κ1) is 12.8. The fourth-order valence-corrected chi connectivity index (χ4v) is 2.99. The van der Waals surface area contributed by atoms with Gasteiger partial charge < -0.3 is 5.32 Å². The van der Waals surface area contributed by atoms with E-state index < -0.39 is 0 Å². The van der Waals surface area contributed by atoms with Crippen LogP contribution in [0.4, 0.5) is 4.39 Å². The van der Waals surface area contributed by atoms with E-state index in [9.17, 15) is 4.39 Å². The molecular formula is C15H16ClFN2. The number of aryl methyl sites for hydroxylation is 1. The Morgan fingerprint density at radius 2 is 2.11 bits per heavy atom. The van der Waals surface area contributed by atoms with Crippen molar-refractivity contribution in [1.29, 1.82) is 0 Å². The minimum Gasteiger partial charge on any atom is -0.316 e. The maximum Gasteiger partial charge on any atom is 0.128 e. The second kappa shape index (κ2) is 5.06. The zero-order valence-corrected chi connectivity index (χ0v) is 11.6. The number of hydrogen-bond donors (Lipinski definition) is 1. The molecule has 1 N–H and O–H groups in total. The SMILES string of the molecule is CCc1c(F)cc(Cl)c2nc3c(cc12)CCNCC3. The molecule has 4 heteroatoms. The quantitative estimate of drug-likeness (QED) is 0.866. The van der Waals surface area contributed by atoms with Crippen molar-refractivity contribution in [1.82, 2.24) is 10.3 Å². The number of nitrogens with one attached hydrogen (secondary N) is 1. The summed E-state index contributed by atoms with van der Waals surface area (Å²) in [6.07, 6.45) is 2.49. The molecule has 0 spiro atoms. The van der Waals surface area contributed by atoms with Gasteiger partial charge in [0.15, 0.2) is 0 Å². The summed E-state index contributed by atoms with van der Waals surface area (Å²) in [5.41, 5.74) is 3.76. The van der Waals surface area contributed by atoms with Crippen LogP contribution >= 0.6 is 11.6 Å². The zero-order chi connectivity index (χ0) is 13.4. The van der Waals surface area contributed by atoms with Crippen molar-refractivity contribution in [2.45, 2.75) is 26.2 Å². The fraction of sp³-hybridized carbons (Fsp3) is 0.400. The third-order valence-corrected chi connectivity index (χ3v) is 4.04. The van der Waals surface area contributed by atoms with Crippen molar-refractivity contribution in [3.8, 4) is 0 Å². The second-order valence-electron chi connectivity index (χ2n) is 4.91. The van der Waals surface area contributed by atoms with Gasteiger partial charge in [0.2, 0.25) is 0 Å². The van der Waals surface area contributed by atoms with Crippen LogP contribution in [0.25, 0.3) is 10.9 Å². The van der Waals surface area contributed by atoms with E-state index in [1.54, 1.807) is 0 Å². The molecule has 1 aliphatic rings. The molecule has 100 valence electrons. The lowest BCUT2D eigenvalue weighted by Gasteiger charge is -2.12. The smallest absolute Gasteiger partial charge is 0.128 e. The van der Waals surface area contributed by atoms with Gasteiger partial charge in [0.1, 0.15) is 5.82 Å². The van der Waals surface area contributed by atoms with Crippen molar-refractivity contribution >= 4 is 22.5 Å². The number of benzene rings is 1. The second-order valence-corrected chi connectivity index (χ2v) is 5.32. The van der Waals surface area contributed by atoms with Crippen molar-refractivity contribution < 1.29 is 4.39 Å². The Hall–Kier alpha value is -1.19. The molecule has 0 saturated heterocycles. The predicted octanol–water partition coefficient (Wildman–Crippen LogP) is 3.28. The van der Waals surface area contributed by atoms with E-state index in [1.165, 1.54) is 11.6 Å². The number of aromatic nitrogens is 1. The Bertz CT molecular complexity index is 640. The van der Waals surface area contributed by atoms with E-state index in [2.05, 4.69) is 16.4 Å². The van der Waals surface area contributed by atoms with Gasteiger partial charge >= 0.3 is 0 Å². The summed E-state index contributed by atoms with van der Waals surface area (Å²) in [7, 11) is 0. The van der Waals surface area contributed by atoms with Crippen LogP contribution in [0.3, 0.4) is 0 Å². The van der Waals surface area contributed by atoms with Gasteiger partial charge in [-0.25, -0.2) is 4.39 Å². The Morgan fingerprint density at radius 3 is 2.89 bits per heavy atom. The van der Waals surface area contributed by atoms with Crippen molar-refractivity contribution in [3.05, 3.63) is 39.8 Å². The topological polar surface area (TPSA) is 24.9 Å². The highest BCUT2D eigenvalue weighted by Crippen LogP contribution is 2.30. The fourth-order valence-electron chi connectivity index (χ4n) is 2.75. The van der Waals surface area contributed by atoms with Crippen LogP contribution in [0.5, 0.6) is 0 Å². The number of nitrogens with zero attached hydrogens (tertiary/aromatic N) is 1. The van der Waals surface area contributed by atoms with E-state index in [1.807, 2.05) is 6.92 Å². The zero-order valence-electron chi connectivity index (χ0n) is 10.9. The normalized spacial score (nSPS) is 15.3. The van der Waals surface area contributed by atoms with Crippen LogP contribution in [0.15, 0.2) is 12.1 Å². The molecule has 0 aliphatic carbocycles. The van der Waals surface area contributed by atoms with Gasteiger partial charge in [-0.15, -0.1) is 0 Å². The summed E-state index contributed by atoms with van der Waals surface area (Å²) in [6.45, 7) is 3.84. The van der Waals surface area contributed by atoms with E-state index >= 15 is 0 Å². The molecule has 0 saturated carbocycles. The van der Waals surface area contributed by atoms with Crippen molar-refractivity contribution in [3.63, 3.8) is 0 Å². The lowest BCUT2D eigenvalue weighted by Crippen LogP contribution is -2.16. The van der Waals surface area contributed by atoms with Crippen LogP contribution in [-0.4, -0.2) is 18.1 Å².